The predicted octanol–water partition coefficient (Wildman–Crippen LogP) is 4.84. The summed E-state index contributed by atoms with van der Waals surface area (Å²) < 4.78 is 1.81. The number of rotatable bonds is 2. The first-order valence-electron chi connectivity index (χ1n) is 6.13. The van der Waals surface area contributed by atoms with Gasteiger partial charge in [-0.2, -0.15) is 0 Å². The summed E-state index contributed by atoms with van der Waals surface area (Å²) in [6.45, 7) is 0. The molecule has 1 aromatic heterocycles. The molecule has 0 aliphatic rings. The molecule has 0 spiro atoms. The van der Waals surface area contributed by atoms with E-state index in [9.17, 15) is 5.11 Å². The molecule has 3 rings (SSSR count). The summed E-state index contributed by atoms with van der Waals surface area (Å²) in [7, 11) is 0. The Labute approximate surface area is 133 Å². The molecular formula is C16H11Br2NO. The van der Waals surface area contributed by atoms with Crippen LogP contribution >= 0.6 is 31.9 Å². The highest BCUT2D eigenvalue weighted by Gasteiger charge is 2.15. The van der Waals surface area contributed by atoms with E-state index in [0.29, 0.717) is 0 Å². The number of pyridine rings is 1. The van der Waals surface area contributed by atoms with Crippen LogP contribution in [-0.4, -0.2) is 10.1 Å². The Morgan fingerprint density at radius 1 is 1.00 bits per heavy atom. The molecule has 100 valence electrons. The van der Waals surface area contributed by atoms with Gasteiger partial charge in [-0.25, -0.2) is 0 Å². The van der Waals surface area contributed by atoms with Gasteiger partial charge in [-0.05, 0) is 30.3 Å². The van der Waals surface area contributed by atoms with Crippen molar-refractivity contribution in [3.63, 3.8) is 0 Å². The van der Waals surface area contributed by atoms with E-state index in [1.54, 1.807) is 6.20 Å². The number of fused-ring (bicyclic) bond motifs is 1. The van der Waals surface area contributed by atoms with Crippen LogP contribution in [0.4, 0.5) is 0 Å². The number of aromatic nitrogens is 1. The van der Waals surface area contributed by atoms with Gasteiger partial charge in [0.1, 0.15) is 6.10 Å². The van der Waals surface area contributed by atoms with Crippen LogP contribution in [0.5, 0.6) is 0 Å². The van der Waals surface area contributed by atoms with Crippen LogP contribution in [0, 0.1) is 0 Å². The largest absolute Gasteiger partial charge is 0.384 e. The monoisotopic (exact) mass is 391 g/mol. The Kier molecular flexibility index (Phi) is 3.87. The zero-order chi connectivity index (χ0) is 14.1. The van der Waals surface area contributed by atoms with Crippen molar-refractivity contribution in [3.05, 3.63) is 74.8 Å². The third kappa shape index (κ3) is 2.64. The van der Waals surface area contributed by atoms with Gasteiger partial charge in [0, 0.05) is 31.7 Å². The summed E-state index contributed by atoms with van der Waals surface area (Å²) in [5, 5.41) is 11.6. The predicted molar refractivity (Wildman–Crippen MR) is 87.6 cm³/mol. The lowest BCUT2D eigenvalue weighted by molar-refractivity contribution is 0.219. The lowest BCUT2D eigenvalue weighted by atomic mass is 10.0. The van der Waals surface area contributed by atoms with Crippen LogP contribution in [0.25, 0.3) is 10.9 Å². The topological polar surface area (TPSA) is 33.1 Å². The highest BCUT2D eigenvalue weighted by Crippen LogP contribution is 2.31. The third-order valence-electron chi connectivity index (χ3n) is 3.18. The maximum Gasteiger partial charge on any atom is 0.107 e. The number of aliphatic hydroxyl groups excluding tert-OH is 1. The van der Waals surface area contributed by atoms with Gasteiger partial charge in [0.25, 0.3) is 0 Å². The maximum atomic E-state index is 10.6. The van der Waals surface area contributed by atoms with Crippen molar-refractivity contribution >= 4 is 42.8 Å². The maximum absolute atomic E-state index is 10.6. The van der Waals surface area contributed by atoms with Gasteiger partial charge in [-0.1, -0.05) is 50.1 Å². The average molecular weight is 393 g/mol. The molecule has 0 amide bonds. The van der Waals surface area contributed by atoms with Gasteiger partial charge in [0.05, 0.1) is 5.52 Å². The van der Waals surface area contributed by atoms with Gasteiger partial charge >= 0.3 is 0 Å². The SMILES string of the molecule is OC(c1cnc2ccccc2c1)c1cc(Br)ccc1Br. The summed E-state index contributed by atoms with van der Waals surface area (Å²) >= 11 is 6.91. The van der Waals surface area contributed by atoms with Crippen molar-refractivity contribution in [3.8, 4) is 0 Å². The quantitative estimate of drug-likeness (QED) is 0.676. The van der Waals surface area contributed by atoms with Gasteiger partial charge < -0.3 is 5.11 Å². The highest BCUT2D eigenvalue weighted by atomic mass is 79.9. The van der Waals surface area contributed by atoms with Crippen molar-refractivity contribution in [1.82, 2.24) is 4.98 Å². The first kappa shape index (κ1) is 13.7. The minimum absolute atomic E-state index is 0.709. The van der Waals surface area contributed by atoms with Crippen molar-refractivity contribution < 1.29 is 5.11 Å². The van der Waals surface area contributed by atoms with Crippen molar-refractivity contribution in [1.29, 1.82) is 0 Å². The Balaban J connectivity index is 2.07. The fraction of sp³-hybridized carbons (Fsp3) is 0.0625. The van der Waals surface area contributed by atoms with E-state index < -0.39 is 6.10 Å². The minimum atomic E-state index is -0.709. The zero-order valence-electron chi connectivity index (χ0n) is 10.4. The number of hydrogen-bond donors (Lipinski definition) is 1. The summed E-state index contributed by atoms with van der Waals surface area (Å²) in [6, 6.07) is 15.6. The third-order valence-corrected chi connectivity index (χ3v) is 4.40. The van der Waals surface area contributed by atoms with Crippen LogP contribution in [-0.2, 0) is 0 Å². The highest BCUT2D eigenvalue weighted by molar-refractivity contribution is 9.11. The molecule has 1 atom stereocenters. The van der Waals surface area contributed by atoms with Crippen LogP contribution in [0.1, 0.15) is 17.2 Å². The molecule has 1 heterocycles. The second-order valence-corrected chi connectivity index (χ2v) is 6.30. The number of benzene rings is 2. The van der Waals surface area contributed by atoms with Crippen LogP contribution in [0.3, 0.4) is 0 Å². The first-order valence-corrected chi connectivity index (χ1v) is 7.71. The molecular weight excluding hydrogens is 382 g/mol. The van der Waals surface area contributed by atoms with Gasteiger partial charge in [0.2, 0.25) is 0 Å². The summed E-state index contributed by atoms with van der Waals surface area (Å²) in [6.07, 6.45) is 1.01. The van der Waals surface area contributed by atoms with E-state index in [0.717, 1.165) is 31.0 Å². The van der Waals surface area contributed by atoms with E-state index >= 15 is 0 Å². The van der Waals surface area contributed by atoms with Crippen molar-refractivity contribution in [2.24, 2.45) is 0 Å². The molecule has 2 aromatic carbocycles. The lowest BCUT2D eigenvalue weighted by Gasteiger charge is -2.14. The number of halogens is 2. The Morgan fingerprint density at radius 3 is 2.65 bits per heavy atom. The molecule has 0 bridgehead atoms. The first-order chi connectivity index (χ1) is 9.65. The molecule has 20 heavy (non-hydrogen) atoms. The van der Waals surface area contributed by atoms with Gasteiger partial charge in [-0.15, -0.1) is 0 Å². The van der Waals surface area contributed by atoms with E-state index in [1.165, 1.54) is 0 Å². The molecule has 0 saturated carbocycles. The molecule has 1 unspecified atom stereocenters. The molecule has 2 nitrogen and oxygen atoms in total. The smallest absolute Gasteiger partial charge is 0.107 e. The van der Waals surface area contributed by atoms with Crippen LogP contribution < -0.4 is 0 Å². The molecule has 1 N–H and O–H groups in total. The molecule has 0 aliphatic carbocycles. The second-order valence-electron chi connectivity index (χ2n) is 4.53. The summed E-state index contributed by atoms with van der Waals surface area (Å²) in [4.78, 5) is 4.39. The molecule has 0 saturated heterocycles. The van der Waals surface area contributed by atoms with Crippen molar-refractivity contribution in [2.75, 3.05) is 0 Å². The lowest BCUT2D eigenvalue weighted by Crippen LogP contribution is -2.01. The fourth-order valence-corrected chi connectivity index (χ4v) is 2.98. The number of hydrogen-bond acceptors (Lipinski definition) is 2. The van der Waals surface area contributed by atoms with Gasteiger partial charge in [-0.3, -0.25) is 4.98 Å². The van der Waals surface area contributed by atoms with E-state index in [4.69, 9.17) is 0 Å². The van der Waals surface area contributed by atoms with Crippen LogP contribution in [0.15, 0.2) is 63.7 Å². The van der Waals surface area contributed by atoms with E-state index in [-0.39, 0.29) is 0 Å². The van der Waals surface area contributed by atoms with Crippen LogP contribution in [0.2, 0.25) is 0 Å². The van der Waals surface area contributed by atoms with E-state index in [2.05, 4.69) is 36.8 Å². The Bertz CT molecular complexity index is 773. The minimum Gasteiger partial charge on any atom is -0.384 e. The fourth-order valence-electron chi connectivity index (χ4n) is 2.14. The molecule has 4 heteroatoms. The standard InChI is InChI=1S/C16H11Br2NO/c17-12-5-6-14(18)13(8-12)16(20)11-7-10-3-1-2-4-15(10)19-9-11/h1-9,16,20H. The Morgan fingerprint density at radius 2 is 1.80 bits per heavy atom. The number of nitrogens with zero attached hydrogens (tertiary/aromatic N) is 1. The molecule has 0 aliphatic heterocycles. The number of aliphatic hydroxyl groups is 1. The zero-order valence-corrected chi connectivity index (χ0v) is 13.6. The molecule has 0 radical (unpaired) electrons. The van der Waals surface area contributed by atoms with Crippen molar-refractivity contribution in [2.45, 2.75) is 6.10 Å². The van der Waals surface area contributed by atoms with Gasteiger partial charge in [0.15, 0.2) is 0 Å². The second kappa shape index (κ2) is 5.64. The average Bonchev–Trinajstić information content (AvgIpc) is 2.48. The molecule has 0 fully saturated rings. The Hall–Kier alpha value is -1.23. The number of para-hydroxylation sites is 1. The normalized spacial score (nSPS) is 12.6. The van der Waals surface area contributed by atoms with E-state index in [1.807, 2.05) is 48.5 Å². The summed E-state index contributed by atoms with van der Waals surface area (Å²) in [5.74, 6) is 0. The summed E-state index contributed by atoms with van der Waals surface area (Å²) in [5.41, 5.74) is 2.52. The molecule has 3 aromatic rings.